The molecule has 17 heavy (non-hydrogen) atoms. The molecule has 98 valence electrons. The zero-order valence-electron chi connectivity index (χ0n) is 9.94. The maximum absolute atomic E-state index is 11.3. The minimum atomic E-state index is -1.34. The molecule has 0 aliphatic rings. The molecule has 0 rings (SSSR count). The lowest BCUT2D eigenvalue weighted by Crippen LogP contribution is -2.42. The summed E-state index contributed by atoms with van der Waals surface area (Å²) >= 11 is 0. The summed E-state index contributed by atoms with van der Waals surface area (Å²) < 4.78 is 0. The van der Waals surface area contributed by atoms with Crippen molar-refractivity contribution in [3.63, 3.8) is 0 Å². The summed E-state index contributed by atoms with van der Waals surface area (Å²) in [5.74, 6) is -2.98. The number of carboxylic acid groups (broad SMARTS) is 2. The second kappa shape index (κ2) is 8.55. The molecule has 0 spiro atoms. The van der Waals surface area contributed by atoms with Crippen molar-refractivity contribution in [2.45, 2.75) is 51.5 Å². The van der Waals surface area contributed by atoms with Crippen LogP contribution in [0.2, 0.25) is 0 Å². The number of hydrogen-bond acceptors (Lipinski definition) is 3. The molecule has 0 aliphatic heterocycles. The van der Waals surface area contributed by atoms with Gasteiger partial charge in [-0.1, -0.05) is 26.2 Å². The topological polar surface area (TPSA) is 104 Å². The van der Waals surface area contributed by atoms with Crippen LogP contribution in [0.15, 0.2) is 0 Å². The van der Waals surface area contributed by atoms with E-state index < -0.39 is 30.3 Å². The Hall–Kier alpha value is -1.59. The number of carbonyl (C=O) groups is 3. The number of aliphatic carboxylic acids is 2. The Morgan fingerprint density at radius 2 is 1.76 bits per heavy atom. The van der Waals surface area contributed by atoms with Gasteiger partial charge in [-0.3, -0.25) is 9.59 Å². The van der Waals surface area contributed by atoms with Gasteiger partial charge in [0.1, 0.15) is 6.04 Å². The van der Waals surface area contributed by atoms with Gasteiger partial charge in [-0.2, -0.15) is 0 Å². The summed E-state index contributed by atoms with van der Waals surface area (Å²) in [7, 11) is 0. The number of hydrogen-bond donors (Lipinski definition) is 3. The summed E-state index contributed by atoms with van der Waals surface area (Å²) in [5, 5.41) is 19.4. The first-order valence-corrected chi connectivity index (χ1v) is 5.71. The molecule has 0 fully saturated rings. The van der Waals surface area contributed by atoms with E-state index in [-0.39, 0.29) is 6.42 Å². The molecule has 0 aromatic rings. The van der Waals surface area contributed by atoms with Gasteiger partial charge in [0.15, 0.2) is 0 Å². The third kappa shape index (κ3) is 8.24. The Bertz CT molecular complexity index is 277. The number of carboxylic acids is 2. The fourth-order valence-corrected chi connectivity index (χ4v) is 1.35. The van der Waals surface area contributed by atoms with Gasteiger partial charge in [-0.25, -0.2) is 4.79 Å². The van der Waals surface area contributed by atoms with Crippen LogP contribution in [0, 0.1) is 0 Å². The van der Waals surface area contributed by atoms with Gasteiger partial charge in [-0.15, -0.1) is 0 Å². The molecule has 6 heteroatoms. The van der Waals surface area contributed by atoms with Crippen molar-refractivity contribution in [1.82, 2.24) is 5.32 Å². The average Bonchev–Trinajstić information content (AvgIpc) is 2.22. The highest BCUT2D eigenvalue weighted by atomic mass is 16.4. The van der Waals surface area contributed by atoms with Crippen LogP contribution in [0.1, 0.15) is 45.4 Å². The van der Waals surface area contributed by atoms with Crippen LogP contribution in [0.4, 0.5) is 0 Å². The first-order valence-electron chi connectivity index (χ1n) is 5.71. The molecule has 0 bridgehead atoms. The first kappa shape index (κ1) is 15.4. The molecular formula is C11H19NO5. The van der Waals surface area contributed by atoms with Gasteiger partial charge in [0.25, 0.3) is 0 Å². The lowest BCUT2D eigenvalue weighted by atomic mass is 10.1. The van der Waals surface area contributed by atoms with E-state index in [0.29, 0.717) is 6.42 Å². The molecule has 6 nitrogen and oxygen atoms in total. The number of carbonyl (C=O) groups excluding carboxylic acids is 1. The van der Waals surface area contributed by atoms with Gasteiger partial charge in [0.2, 0.25) is 5.91 Å². The fraction of sp³-hybridized carbons (Fsp3) is 0.727. The summed E-state index contributed by atoms with van der Waals surface area (Å²) in [4.78, 5) is 32.4. The molecule has 0 radical (unpaired) electrons. The maximum Gasteiger partial charge on any atom is 0.326 e. The molecule has 0 heterocycles. The Labute approximate surface area is 100 Å². The molecule has 0 unspecified atom stereocenters. The average molecular weight is 245 g/mol. The maximum atomic E-state index is 11.3. The molecule has 3 N–H and O–H groups in total. The predicted molar refractivity (Wildman–Crippen MR) is 60.6 cm³/mol. The van der Waals surface area contributed by atoms with E-state index in [4.69, 9.17) is 10.2 Å². The van der Waals surface area contributed by atoms with E-state index in [1.807, 2.05) is 6.92 Å². The standard InChI is InChI=1S/C11H19NO5/c1-2-3-4-5-6-9(13)12-8(11(16)17)7-10(14)15/h8H,2-7H2,1H3,(H,12,13)(H,14,15)(H,16,17)/t8-/m1/s1. The van der Waals surface area contributed by atoms with E-state index in [1.165, 1.54) is 0 Å². The predicted octanol–water partition coefficient (Wildman–Crippen LogP) is 1.00. The van der Waals surface area contributed by atoms with Crippen molar-refractivity contribution < 1.29 is 24.6 Å². The Balaban J connectivity index is 3.96. The third-order valence-electron chi connectivity index (χ3n) is 2.27. The SMILES string of the molecule is CCCCCCC(=O)N[C@H](CC(=O)O)C(=O)O. The quantitative estimate of drug-likeness (QED) is 0.526. The van der Waals surface area contributed by atoms with Gasteiger partial charge >= 0.3 is 11.9 Å². The summed E-state index contributed by atoms with van der Waals surface area (Å²) in [5.41, 5.74) is 0. The van der Waals surface area contributed by atoms with Crippen molar-refractivity contribution in [1.29, 1.82) is 0 Å². The van der Waals surface area contributed by atoms with Crippen molar-refractivity contribution in [3.05, 3.63) is 0 Å². The Kier molecular flexibility index (Phi) is 7.75. The normalized spacial score (nSPS) is 11.8. The molecule has 1 amide bonds. The second-order valence-electron chi connectivity index (χ2n) is 3.87. The van der Waals surface area contributed by atoms with Crippen LogP contribution in [0.5, 0.6) is 0 Å². The highest BCUT2D eigenvalue weighted by Crippen LogP contribution is 2.03. The Morgan fingerprint density at radius 1 is 1.12 bits per heavy atom. The highest BCUT2D eigenvalue weighted by molar-refractivity contribution is 5.86. The highest BCUT2D eigenvalue weighted by Gasteiger charge is 2.22. The van der Waals surface area contributed by atoms with E-state index in [2.05, 4.69) is 5.32 Å². The van der Waals surface area contributed by atoms with Crippen molar-refractivity contribution in [2.75, 3.05) is 0 Å². The molecule has 0 aromatic heterocycles. The molecule has 0 aliphatic carbocycles. The van der Waals surface area contributed by atoms with Gasteiger partial charge in [0, 0.05) is 6.42 Å². The molecule has 0 saturated carbocycles. The molecule has 1 atom stereocenters. The van der Waals surface area contributed by atoms with Crippen LogP contribution < -0.4 is 5.32 Å². The minimum absolute atomic E-state index is 0.239. The zero-order chi connectivity index (χ0) is 13.3. The zero-order valence-corrected chi connectivity index (χ0v) is 9.94. The van der Waals surface area contributed by atoms with Crippen LogP contribution >= 0.6 is 0 Å². The van der Waals surface area contributed by atoms with Crippen LogP contribution in [-0.2, 0) is 14.4 Å². The fourth-order valence-electron chi connectivity index (χ4n) is 1.35. The Morgan fingerprint density at radius 3 is 2.24 bits per heavy atom. The molecule has 0 aromatic carbocycles. The van der Waals surface area contributed by atoms with E-state index >= 15 is 0 Å². The lowest BCUT2D eigenvalue weighted by Gasteiger charge is -2.12. The van der Waals surface area contributed by atoms with Gasteiger partial charge in [-0.05, 0) is 6.42 Å². The van der Waals surface area contributed by atoms with E-state index in [1.54, 1.807) is 0 Å². The monoisotopic (exact) mass is 245 g/mol. The number of amides is 1. The summed E-state index contributed by atoms with van der Waals surface area (Å²) in [6.45, 7) is 2.05. The largest absolute Gasteiger partial charge is 0.481 e. The minimum Gasteiger partial charge on any atom is -0.481 e. The number of nitrogens with one attached hydrogen (secondary N) is 1. The molecular weight excluding hydrogens is 226 g/mol. The van der Waals surface area contributed by atoms with Crippen molar-refractivity contribution >= 4 is 17.8 Å². The van der Waals surface area contributed by atoms with Crippen LogP contribution in [0.3, 0.4) is 0 Å². The van der Waals surface area contributed by atoms with Crippen molar-refractivity contribution in [3.8, 4) is 0 Å². The van der Waals surface area contributed by atoms with Crippen LogP contribution in [0.25, 0.3) is 0 Å². The van der Waals surface area contributed by atoms with Crippen molar-refractivity contribution in [2.24, 2.45) is 0 Å². The summed E-state index contributed by atoms with van der Waals surface area (Å²) in [6, 6.07) is -1.34. The van der Waals surface area contributed by atoms with Crippen LogP contribution in [-0.4, -0.2) is 34.1 Å². The van der Waals surface area contributed by atoms with Gasteiger partial charge in [0.05, 0.1) is 6.42 Å². The van der Waals surface area contributed by atoms with E-state index in [0.717, 1.165) is 19.3 Å². The third-order valence-corrected chi connectivity index (χ3v) is 2.27. The van der Waals surface area contributed by atoms with Gasteiger partial charge < -0.3 is 15.5 Å². The van der Waals surface area contributed by atoms with E-state index in [9.17, 15) is 14.4 Å². The summed E-state index contributed by atoms with van der Waals surface area (Å²) in [6.07, 6.45) is 3.34. The number of rotatable bonds is 9. The lowest BCUT2D eigenvalue weighted by molar-refractivity contribution is -0.147. The number of unbranched alkanes of at least 4 members (excludes halogenated alkanes) is 3. The second-order valence-corrected chi connectivity index (χ2v) is 3.87. The molecule has 0 saturated heterocycles. The smallest absolute Gasteiger partial charge is 0.326 e. The first-order chi connectivity index (χ1) is 7.97.